The highest BCUT2D eigenvalue weighted by Crippen LogP contribution is 2.32. The van der Waals surface area contributed by atoms with E-state index in [-0.39, 0.29) is 0 Å². The zero-order valence-electron chi connectivity index (χ0n) is 11.0. The van der Waals surface area contributed by atoms with Crippen molar-refractivity contribution in [2.45, 2.75) is 31.1 Å². The highest BCUT2D eigenvalue weighted by molar-refractivity contribution is 9.11. The quantitative estimate of drug-likeness (QED) is 0.769. The Morgan fingerprint density at radius 3 is 2.89 bits per heavy atom. The van der Waals surface area contributed by atoms with Crippen LogP contribution in [0.5, 0.6) is 5.75 Å². The topological polar surface area (TPSA) is 21.3 Å². The van der Waals surface area contributed by atoms with Crippen molar-refractivity contribution in [3.63, 3.8) is 0 Å². The summed E-state index contributed by atoms with van der Waals surface area (Å²) in [6.07, 6.45) is 4.11. The summed E-state index contributed by atoms with van der Waals surface area (Å²) in [5.74, 6) is 2.24. The first-order valence-electron chi connectivity index (χ1n) is 6.55. The van der Waals surface area contributed by atoms with Crippen molar-refractivity contribution >= 4 is 43.6 Å². The Labute approximate surface area is 136 Å². The van der Waals surface area contributed by atoms with Gasteiger partial charge in [0.25, 0.3) is 0 Å². The van der Waals surface area contributed by atoms with Gasteiger partial charge in [-0.05, 0) is 46.7 Å². The molecule has 0 bridgehead atoms. The zero-order valence-corrected chi connectivity index (χ0v) is 15.0. The van der Waals surface area contributed by atoms with Crippen molar-refractivity contribution in [1.29, 1.82) is 0 Å². The van der Waals surface area contributed by atoms with Crippen molar-refractivity contribution < 1.29 is 4.74 Å². The molecule has 1 heterocycles. The van der Waals surface area contributed by atoms with E-state index in [2.05, 4.69) is 55.0 Å². The van der Waals surface area contributed by atoms with Crippen molar-refractivity contribution in [3.05, 3.63) is 26.6 Å². The second-order valence-electron chi connectivity index (χ2n) is 4.70. The standard InChI is InChI=1S/C14H19Br2NOS/c1-18-14-10(6-11(15)7-13(14)16)8-17-9-12-4-2-3-5-19-12/h6-7,12,17H,2-5,8-9H2,1H3. The number of nitrogens with one attached hydrogen (secondary N) is 1. The number of benzene rings is 1. The molecule has 0 aliphatic carbocycles. The lowest BCUT2D eigenvalue weighted by Crippen LogP contribution is -2.26. The molecule has 1 aromatic carbocycles. The Morgan fingerprint density at radius 2 is 2.21 bits per heavy atom. The lowest BCUT2D eigenvalue weighted by Gasteiger charge is -2.22. The van der Waals surface area contributed by atoms with Gasteiger partial charge in [0.2, 0.25) is 0 Å². The number of rotatable bonds is 5. The van der Waals surface area contributed by atoms with Gasteiger partial charge in [-0.25, -0.2) is 0 Å². The van der Waals surface area contributed by atoms with Gasteiger partial charge >= 0.3 is 0 Å². The van der Waals surface area contributed by atoms with Gasteiger partial charge in [0.05, 0.1) is 11.6 Å². The summed E-state index contributed by atoms with van der Waals surface area (Å²) < 4.78 is 7.53. The van der Waals surface area contributed by atoms with Gasteiger partial charge in [-0.2, -0.15) is 11.8 Å². The average Bonchev–Trinajstić information content (AvgIpc) is 2.39. The van der Waals surface area contributed by atoms with Crippen molar-refractivity contribution in [2.24, 2.45) is 0 Å². The highest BCUT2D eigenvalue weighted by atomic mass is 79.9. The van der Waals surface area contributed by atoms with E-state index in [1.807, 2.05) is 6.07 Å². The highest BCUT2D eigenvalue weighted by Gasteiger charge is 2.14. The molecule has 1 atom stereocenters. The molecular weight excluding hydrogens is 390 g/mol. The molecule has 1 aliphatic heterocycles. The van der Waals surface area contributed by atoms with Crippen LogP contribution in [0.3, 0.4) is 0 Å². The number of thioether (sulfide) groups is 1. The fourth-order valence-electron chi connectivity index (χ4n) is 2.31. The molecule has 1 aliphatic rings. The molecule has 106 valence electrons. The van der Waals surface area contributed by atoms with Crippen LogP contribution in [0.15, 0.2) is 21.1 Å². The zero-order chi connectivity index (χ0) is 13.7. The fourth-order valence-corrected chi connectivity index (χ4v) is 5.06. The second-order valence-corrected chi connectivity index (χ2v) is 7.88. The lowest BCUT2D eigenvalue weighted by molar-refractivity contribution is 0.404. The predicted octanol–water partition coefficient (Wildman–Crippen LogP) is 4.60. The summed E-state index contributed by atoms with van der Waals surface area (Å²) in [4.78, 5) is 0. The SMILES string of the molecule is COc1c(Br)cc(Br)cc1CNCC1CCCCS1. The van der Waals surface area contributed by atoms with Crippen molar-refractivity contribution in [2.75, 3.05) is 19.4 Å². The Kier molecular flexibility index (Phi) is 6.53. The third-order valence-electron chi connectivity index (χ3n) is 3.25. The Morgan fingerprint density at radius 1 is 1.37 bits per heavy atom. The largest absolute Gasteiger partial charge is 0.495 e. The number of hydrogen-bond donors (Lipinski definition) is 1. The van der Waals surface area contributed by atoms with E-state index in [1.54, 1.807) is 7.11 Å². The molecule has 5 heteroatoms. The minimum atomic E-state index is 0.773. The van der Waals surface area contributed by atoms with E-state index in [0.29, 0.717) is 0 Å². The van der Waals surface area contributed by atoms with E-state index < -0.39 is 0 Å². The predicted molar refractivity (Wildman–Crippen MR) is 90.2 cm³/mol. The van der Waals surface area contributed by atoms with E-state index >= 15 is 0 Å². The summed E-state index contributed by atoms with van der Waals surface area (Å²) in [7, 11) is 1.72. The molecule has 19 heavy (non-hydrogen) atoms. The van der Waals surface area contributed by atoms with Crippen LogP contribution >= 0.6 is 43.6 Å². The first kappa shape index (κ1) is 15.7. The first-order valence-corrected chi connectivity index (χ1v) is 9.18. The molecule has 2 rings (SSSR count). The minimum absolute atomic E-state index is 0.773. The monoisotopic (exact) mass is 407 g/mol. The second kappa shape index (κ2) is 7.91. The fraction of sp³-hybridized carbons (Fsp3) is 0.571. The summed E-state index contributed by atoms with van der Waals surface area (Å²) in [5, 5.41) is 4.33. The summed E-state index contributed by atoms with van der Waals surface area (Å²) in [6, 6.07) is 4.13. The number of halogens is 2. The molecule has 1 aromatic rings. The maximum atomic E-state index is 5.46. The van der Waals surface area contributed by atoms with Crippen molar-refractivity contribution in [1.82, 2.24) is 5.32 Å². The van der Waals surface area contributed by atoms with Gasteiger partial charge in [0.15, 0.2) is 0 Å². The molecule has 1 unspecified atom stereocenters. The van der Waals surface area contributed by atoms with E-state index in [1.165, 1.54) is 30.6 Å². The third kappa shape index (κ3) is 4.66. The number of methoxy groups -OCH3 is 1. The summed E-state index contributed by atoms with van der Waals surface area (Å²) >= 11 is 9.17. The normalized spacial score (nSPS) is 19.4. The minimum Gasteiger partial charge on any atom is -0.495 e. The molecule has 0 amide bonds. The van der Waals surface area contributed by atoms with Crippen LogP contribution in [0, 0.1) is 0 Å². The van der Waals surface area contributed by atoms with Crippen LogP contribution in [-0.4, -0.2) is 24.7 Å². The molecular formula is C14H19Br2NOS. The van der Waals surface area contributed by atoms with E-state index in [0.717, 1.165) is 33.0 Å². The maximum Gasteiger partial charge on any atom is 0.137 e. The van der Waals surface area contributed by atoms with Gasteiger partial charge in [0.1, 0.15) is 5.75 Å². The summed E-state index contributed by atoms with van der Waals surface area (Å²) in [5.41, 5.74) is 1.18. The smallest absolute Gasteiger partial charge is 0.137 e. The van der Waals surface area contributed by atoms with Crippen LogP contribution in [0.25, 0.3) is 0 Å². The maximum absolute atomic E-state index is 5.46. The molecule has 0 spiro atoms. The number of hydrogen-bond acceptors (Lipinski definition) is 3. The van der Waals surface area contributed by atoms with Gasteiger partial charge in [-0.15, -0.1) is 0 Å². The van der Waals surface area contributed by atoms with Crippen LogP contribution in [0.2, 0.25) is 0 Å². The van der Waals surface area contributed by atoms with E-state index in [9.17, 15) is 0 Å². The van der Waals surface area contributed by atoms with Gasteiger partial charge < -0.3 is 10.1 Å². The first-order chi connectivity index (χ1) is 9.20. The number of ether oxygens (including phenoxy) is 1. The third-order valence-corrected chi connectivity index (χ3v) is 5.70. The van der Waals surface area contributed by atoms with Gasteiger partial charge in [-0.3, -0.25) is 0 Å². The van der Waals surface area contributed by atoms with Crippen molar-refractivity contribution in [3.8, 4) is 5.75 Å². The molecule has 0 aromatic heterocycles. The summed E-state index contributed by atoms with van der Waals surface area (Å²) in [6.45, 7) is 1.93. The molecule has 2 nitrogen and oxygen atoms in total. The van der Waals surface area contributed by atoms with Crippen LogP contribution in [-0.2, 0) is 6.54 Å². The molecule has 0 saturated carbocycles. The molecule has 1 fully saturated rings. The van der Waals surface area contributed by atoms with Gasteiger partial charge in [-0.1, -0.05) is 22.4 Å². The van der Waals surface area contributed by atoms with Crippen LogP contribution in [0.4, 0.5) is 0 Å². The van der Waals surface area contributed by atoms with Crippen LogP contribution in [0.1, 0.15) is 24.8 Å². The Hall–Kier alpha value is 0.290. The Balaban J connectivity index is 1.91. The Bertz CT molecular complexity index is 422. The molecule has 0 radical (unpaired) electrons. The van der Waals surface area contributed by atoms with E-state index in [4.69, 9.17) is 4.74 Å². The van der Waals surface area contributed by atoms with Gasteiger partial charge in [0, 0.05) is 28.4 Å². The lowest BCUT2D eigenvalue weighted by atomic mass is 10.1. The van der Waals surface area contributed by atoms with Crippen LogP contribution < -0.4 is 10.1 Å². The molecule has 1 saturated heterocycles. The average molecular weight is 409 g/mol. The molecule has 1 N–H and O–H groups in total.